The maximum Gasteiger partial charge on any atom is 0.317 e. The lowest BCUT2D eigenvalue weighted by Crippen LogP contribution is -2.35. The van der Waals surface area contributed by atoms with Crippen LogP contribution in [-0.4, -0.2) is 42.5 Å². The van der Waals surface area contributed by atoms with Gasteiger partial charge in [0.1, 0.15) is 0 Å². The van der Waals surface area contributed by atoms with Crippen molar-refractivity contribution >= 4 is 5.97 Å². The summed E-state index contributed by atoms with van der Waals surface area (Å²) in [5, 5.41) is 8.96. The Morgan fingerprint density at radius 2 is 2.20 bits per heavy atom. The topological polar surface area (TPSA) is 68.2 Å². The van der Waals surface area contributed by atoms with Crippen molar-refractivity contribution in [1.82, 2.24) is 4.90 Å². The summed E-state index contributed by atoms with van der Waals surface area (Å²) in [5.41, 5.74) is 0.932. The lowest BCUT2D eigenvalue weighted by molar-refractivity contribution is -0.138. The zero-order valence-corrected chi connectivity index (χ0v) is 11.9. The molecule has 1 N–H and O–H groups in total. The first-order valence-electron chi connectivity index (χ1n) is 6.43. The van der Waals surface area contributed by atoms with Crippen molar-refractivity contribution in [3.63, 3.8) is 0 Å². The molecule has 0 bridgehead atoms. The maximum atomic E-state index is 10.9. The number of hydrogen-bond acceptors (Lipinski definition) is 5. The van der Waals surface area contributed by atoms with E-state index in [1.807, 2.05) is 30.9 Å². The van der Waals surface area contributed by atoms with Gasteiger partial charge in [-0.15, -0.1) is 0 Å². The molecule has 0 spiro atoms. The molecular weight excluding hydrogens is 262 g/mol. The fourth-order valence-electron chi connectivity index (χ4n) is 2.10. The van der Waals surface area contributed by atoms with Gasteiger partial charge in [0.05, 0.1) is 13.7 Å². The minimum absolute atomic E-state index is 0.00553. The second kappa shape index (κ2) is 6.00. The molecule has 1 aromatic carbocycles. The highest BCUT2D eigenvalue weighted by Crippen LogP contribution is 2.42. The number of carboxylic acid groups (broad SMARTS) is 1. The van der Waals surface area contributed by atoms with Crippen molar-refractivity contribution in [2.45, 2.75) is 26.4 Å². The first kappa shape index (κ1) is 14.5. The Hall–Kier alpha value is -1.95. The third-order valence-corrected chi connectivity index (χ3v) is 3.17. The van der Waals surface area contributed by atoms with E-state index in [0.29, 0.717) is 23.8 Å². The molecule has 0 fully saturated rings. The summed E-state index contributed by atoms with van der Waals surface area (Å²) in [7, 11) is 1.57. The minimum atomic E-state index is -0.841. The van der Waals surface area contributed by atoms with Crippen LogP contribution in [0.4, 0.5) is 0 Å². The monoisotopic (exact) mass is 281 g/mol. The van der Waals surface area contributed by atoms with Gasteiger partial charge in [-0.25, -0.2) is 0 Å². The number of hydrogen-bond donors (Lipinski definition) is 1. The second-order valence-corrected chi connectivity index (χ2v) is 4.92. The third kappa shape index (κ3) is 3.14. The number of fused-ring (bicyclic) bond motifs is 1. The summed E-state index contributed by atoms with van der Waals surface area (Å²) in [4.78, 5) is 12.8. The van der Waals surface area contributed by atoms with E-state index in [-0.39, 0.29) is 19.4 Å². The molecular formula is C14H19NO5. The van der Waals surface area contributed by atoms with Gasteiger partial charge in [-0.1, -0.05) is 0 Å². The Morgan fingerprint density at radius 1 is 1.45 bits per heavy atom. The van der Waals surface area contributed by atoms with E-state index in [1.54, 1.807) is 7.11 Å². The first-order valence-corrected chi connectivity index (χ1v) is 6.43. The normalized spacial score (nSPS) is 13.1. The summed E-state index contributed by atoms with van der Waals surface area (Å²) in [5.74, 6) is 1.00. The summed E-state index contributed by atoms with van der Waals surface area (Å²) in [6.07, 6.45) is 0. The summed E-state index contributed by atoms with van der Waals surface area (Å²) in [6, 6.07) is 3.84. The first-order chi connectivity index (χ1) is 9.51. The van der Waals surface area contributed by atoms with Crippen molar-refractivity contribution in [2.75, 3.05) is 20.4 Å². The van der Waals surface area contributed by atoms with Crippen LogP contribution in [0.2, 0.25) is 0 Å². The van der Waals surface area contributed by atoms with Gasteiger partial charge in [-0.2, -0.15) is 0 Å². The average molecular weight is 281 g/mol. The molecule has 2 rings (SSSR count). The summed E-state index contributed by atoms with van der Waals surface area (Å²) >= 11 is 0. The molecule has 0 atom stereocenters. The van der Waals surface area contributed by atoms with Gasteiger partial charge < -0.3 is 19.3 Å². The Kier molecular flexibility index (Phi) is 4.34. The molecule has 6 heteroatoms. The van der Waals surface area contributed by atoms with Crippen LogP contribution >= 0.6 is 0 Å². The van der Waals surface area contributed by atoms with Crippen LogP contribution in [0.5, 0.6) is 17.2 Å². The van der Waals surface area contributed by atoms with Crippen molar-refractivity contribution in [1.29, 1.82) is 0 Å². The van der Waals surface area contributed by atoms with Gasteiger partial charge in [0.2, 0.25) is 12.5 Å². The molecule has 0 unspecified atom stereocenters. The molecule has 0 radical (unpaired) electrons. The van der Waals surface area contributed by atoms with Gasteiger partial charge in [-0.3, -0.25) is 9.69 Å². The van der Waals surface area contributed by atoms with E-state index >= 15 is 0 Å². The van der Waals surface area contributed by atoms with Crippen LogP contribution in [0, 0.1) is 0 Å². The van der Waals surface area contributed by atoms with Crippen LogP contribution in [0.25, 0.3) is 0 Å². The molecule has 0 aliphatic carbocycles. The van der Waals surface area contributed by atoms with Gasteiger partial charge in [0, 0.05) is 12.6 Å². The van der Waals surface area contributed by atoms with Crippen molar-refractivity contribution in [3.05, 3.63) is 17.7 Å². The van der Waals surface area contributed by atoms with Crippen LogP contribution in [-0.2, 0) is 11.3 Å². The molecule has 0 saturated carbocycles. The zero-order valence-electron chi connectivity index (χ0n) is 11.9. The van der Waals surface area contributed by atoms with Crippen molar-refractivity contribution in [3.8, 4) is 17.2 Å². The molecule has 110 valence electrons. The molecule has 0 saturated heterocycles. The summed E-state index contributed by atoms with van der Waals surface area (Å²) < 4.78 is 16.0. The van der Waals surface area contributed by atoms with Gasteiger partial charge in [0.15, 0.2) is 11.5 Å². The SMILES string of the molecule is COc1cc(CN(CC(=O)O)C(C)C)cc2c1OCO2. The standard InChI is InChI=1S/C14H19NO5/c1-9(2)15(7-13(16)17)6-10-4-11(18-3)14-12(5-10)19-8-20-14/h4-5,9H,6-8H2,1-3H3,(H,16,17). The van der Waals surface area contributed by atoms with Crippen LogP contribution in [0.15, 0.2) is 12.1 Å². The molecule has 1 aliphatic heterocycles. The van der Waals surface area contributed by atoms with Gasteiger partial charge in [-0.05, 0) is 31.5 Å². The van der Waals surface area contributed by atoms with Crippen LogP contribution < -0.4 is 14.2 Å². The van der Waals surface area contributed by atoms with E-state index in [4.69, 9.17) is 19.3 Å². The maximum absolute atomic E-state index is 10.9. The van der Waals surface area contributed by atoms with E-state index in [9.17, 15) is 4.79 Å². The lowest BCUT2D eigenvalue weighted by atomic mass is 10.1. The fourth-order valence-corrected chi connectivity index (χ4v) is 2.10. The third-order valence-electron chi connectivity index (χ3n) is 3.17. The Labute approximate surface area is 117 Å². The number of benzene rings is 1. The lowest BCUT2D eigenvalue weighted by Gasteiger charge is -2.24. The van der Waals surface area contributed by atoms with Gasteiger partial charge >= 0.3 is 5.97 Å². The van der Waals surface area contributed by atoms with Crippen LogP contribution in [0.1, 0.15) is 19.4 Å². The van der Waals surface area contributed by atoms with Crippen LogP contribution in [0.3, 0.4) is 0 Å². The Morgan fingerprint density at radius 3 is 2.80 bits per heavy atom. The molecule has 1 aliphatic rings. The number of methoxy groups -OCH3 is 1. The number of carbonyl (C=O) groups is 1. The van der Waals surface area contributed by atoms with E-state index < -0.39 is 5.97 Å². The van der Waals surface area contributed by atoms with Crippen molar-refractivity contribution < 1.29 is 24.1 Å². The molecule has 1 aromatic rings. The fraction of sp³-hybridized carbons (Fsp3) is 0.500. The van der Waals surface area contributed by atoms with E-state index in [1.165, 1.54) is 0 Å². The number of ether oxygens (including phenoxy) is 3. The number of aliphatic carboxylic acids is 1. The predicted molar refractivity (Wildman–Crippen MR) is 72.3 cm³/mol. The smallest absolute Gasteiger partial charge is 0.317 e. The van der Waals surface area contributed by atoms with Crippen molar-refractivity contribution in [2.24, 2.45) is 0 Å². The Bertz CT molecular complexity index is 501. The number of carboxylic acids is 1. The largest absolute Gasteiger partial charge is 0.493 e. The van der Waals surface area contributed by atoms with E-state index in [2.05, 4.69) is 0 Å². The minimum Gasteiger partial charge on any atom is -0.493 e. The number of rotatable bonds is 6. The predicted octanol–water partition coefficient (Wildman–Crippen LogP) is 1.72. The second-order valence-electron chi connectivity index (χ2n) is 4.92. The Balaban J connectivity index is 2.22. The quantitative estimate of drug-likeness (QED) is 0.856. The average Bonchev–Trinajstić information content (AvgIpc) is 2.84. The molecule has 0 aromatic heterocycles. The zero-order chi connectivity index (χ0) is 14.7. The molecule has 20 heavy (non-hydrogen) atoms. The van der Waals surface area contributed by atoms with Gasteiger partial charge in [0.25, 0.3) is 0 Å². The molecule has 6 nitrogen and oxygen atoms in total. The highest BCUT2D eigenvalue weighted by Gasteiger charge is 2.22. The number of nitrogens with zero attached hydrogens (tertiary/aromatic N) is 1. The molecule has 0 amide bonds. The van der Waals surface area contributed by atoms with E-state index in [0.717, 1.165) is 5.56 Å². The molecule has 1 heterocycles. The highest BCUT2D eigenvalue weighted by atomic mass is 16.7. The summed E-state index contributed by atoms with van der Waals surface area (Å²) in [6.45, 7) is 4.61. The highest BCUT2D eigenvalue weighted by molar-refractivity contribution is 5.69.